The fourth-order valence-electron chi connectivity index (χ4n) is 1.50. The molecule has 0 spiro atoms. The summed E-state index contributed by atoms with van der Waals surface area (Å²) in [5.41, 5.74) is 1.50. The zero-order valence-electron chi connectivity index (χ0n) is 9.10. The van der Waals surface area contributed by atoms with E-state index in [1.54, 1.807) is 18.2 Å². The molecule has 2 N–H and O–H groups in total. The maximum atomic E-state index is 10.9. The Morgan fingerprint density at radius 2 is 2.38 bits per heavy atom. The van der Waals surface area contributed by atoms with E-state index >= 15 is 0 Å². The summed E-state index contributed by atoms with van der Waals surface area (Å²) in [5, 5.41) is 20.5. The van der Waals surface area contributed by atoms with Crippen LogP contribution in [-0.4, -0.2) is 23.7 Å². The monoisotopic (exact) mass is 218 g/mol. The summed E-state index contributed by atoms with van der Waals surface area (Å²) < 4.78 is 0. The SMILES string of the molecule is CC(=O)N[C@@H](CO)Cc1cccc(C#N)c1. The lowest BCUT2D eigenvalue weighted by molar-refractivity contribution is -0.119. The number of carbonyl (C=O) groups is 1. The number of rotatable bonds is 4. The van der Waals surface area contributed by atoms with E-state index in [9.17, 15) is 4.79 Å². The normalized spacial score (nSPS) is 11.6. The van der Waals surface area contributed by atoms with Crippen LogP contribution in [-0.2, 0) is 11.2 Å². The third-order valence-corrected chi connectivity index (χ3v) is 2.17. The molecule has 0 fully saturated rings. The van der Waals surface area contributed by atoms with Gasteiger partial charge >= 0.3 is 0 Å². The number of amides is 1. The Balaban J connectivity index is 2.70. The van der Waals surface area contributed by atoms with Gasteiger partial charge in [0.25, 0.3) is 0 Å². The van der Waals surface area contributed by atoms with Crippen molar-refractivity contribution in [2.75, 3.05) is 6.61 Å². The van der Waals surface area contributed by atoms with E-state index in [4.69, 9.17) is 10.4 Å². The highest BCUT2D eigenvalue weighted by Gasteiger charge is 2.09. The molecule has 0 bridgehead atoms. The second-order valence-corrected chi connectivity index (χ2v) is 3.60. The van der Waals surface area contributed by atoms with E-state index in [-0.39, 0.29) is 18.6 Å². The molecule has 4 heteroatoms. The standard InChI is InChI=1S/C12H14N2O2/c1-9(16)14-12(8-15)6-10-3-2-4-11(5-10)7-13/h2-5,12,15H,6,8H2,1H3,(H,14,16)/t12-/m1/s1. The van der Waals surface area contributed by atoms with E-state index in [1.807, 2.05) is 12.1 Å². The molecule has 0 aliphatic rings. The lowest BCUT2D eigenvalue weighted by atomic mass is 10.0. The lowest BCUT2D eigenvalue weighted by Gasteiger charge is -2.14. The first-order chi connectivity index (χ1) is 7.65. The summed E-state index contributed by atoms with van der Waals surface area (Å²) in [6.07, 6.45) is 0.519. The van der Waals surface area contributed by atoms with Gasteiger partial charge in [0.05, 0.1) is 24.3 Å². The highest BCUT2D eigenvalue weighted by molar-refractivity contribution is 5.73. The minimum atomic E-state index is -0.300. The number of carbonyl (C=O) groups excluding carboxylic acids is 1. The minimum Gasteiger partial charge on any atom is -0.394 e. The summed E-state index contributed by atoms with van der Waals surface area (Å²) in [6.45, 7) is 1.30. The average Bonchev–Trinajstić information content (AvgIpc) is 2.28. The molecule has 0 saturated heterocycles. The predicted octanol–water partition coefficient (Wildman–Crippen LogP) is 0.598. The van der Waals surface area contributed by atoms with Gasteiger partial charge in [-0.2, -0.15) is 5.26 Å². The number of benzene rings is 1. The van der Waals surface area contributed by atoms with Crippen molar-refractivity contribution in [3.05, 3.63) is 35.4 Å². The second kappa shape index (κ2) is 5.89. The van der Waals surface area contributed by atoms with Crippen molar-refractivity contribution in [1.29, 1.82) is 5.26 Å². The molecule has 4 nitrogen and oxygen atoms in total. The Hall–Kier alpha value is -1.86. The van der Waals surface area contributed by atoms with Crippen LogP contribution in [0.3, 0.4) is 0 Å². The van der Waals surface area contributed by atoms with Crippen LogP contribution in [0.5, 0.6) is 0 Å². The molecular formula is C12H14N2O2. The predicted molar refractivity (Wildman–Crippen MR) is 59.6 cm³/mol. The molecule has 16 heavy (non-hydrogen) atoms. The number of aliphatic hydroxyl groups is 1. The van der Waals surface area contributed by atoms with Crippen LogP contribution in [0.25, 0.3) is 0 Å². The van der Waals surface area contributed by atoms with Crippen molar-refractivity contribution in [2.45, 2.75) is 19.4 Å². The molecule has 1 atom stereocenters. The number of aliphatic hydroxyl groups excluding tert-OH is 1. The number of hydrogen-bond donors (Lipinski definition) is 2. The fraction of sp³-hybridized carbons (Fsp3) is 0.333. The van der Waals surface area contributed by atoms with E-state index in [0.717, 1.165) is 5.56 Å². The molecule has 1 rings (SSSR count). The van der Waals surface area contributed by atoms with Crippen LogP contribution in [0.2, 0.25) is 0 Å². The van der Waals surface area contributed by atoms with Crippen molar-refractivity contribution in [2.24, 2.45) is 0 Å². The molecule has 0 saturated carbocycles. The van der Waals surface area contributed by atoms with Gasteiger partial charge in [-0.3, -0.25) is 4.79 Å². The molecule has 1 aromatic carbocycles. The van der Waals surface area contributed by atoms with Crippen LogP contribution in [0.15, 0.2) is 24.3 Å². The Kier molecular flexibility index (Phi) is 4.49. The first kappa shape index (κ1) is 12.2. The van der Waals surface area contributed by atoms with Gasteiger partial charge in [0.15, 0.2) is 0 Å². The van der Waals surface area contributed by atoms with Crippen LogP contribution in [0.1, 0.15) is 18.1 Å². The number of nitriles is 1. The zero-order valence-corrected chi connectivity index (χ0v) is 9.10. The summed E-state index contributed by atoms with van der Waals surface area (Å²) in [7, 11) is 0. The Bertz CT molecular complexity index is 410. The largest absolute Gasteiger partial charge is 0.394 e. The smallest absolute Gasteiger partial charge is 0.217 e. The van der Waals surface area contributed by atoms with Crippen LogP contribution in [0, 0.1) is 11.3 Å². The van der Waals surface area contributed by atoms with Crippen molar-refractivity contribution in [3.63, 3.8) is 0 Å². The molecule has 84 valence electrons. The van der Waals surface area contributed by atoms with Gasteiger partial charge in [0.1, 0.15) is 0 Å². The van der Waals surface area contributed by atoms with Gasteiger partial charge in [-0.1, -0.05) is 12.1 Å². The molecule has 1 amide bonds. The number of nitrogens with zero attached hydrogens (tertiary/aromatic N) is 1. The summed E-state index contributed by atoms with van der Waals surface area (Å²) >= 11 is 0. The maximum absolute atomic E-state index is 10.9. The number of hydrogen-bond acceptors (Lipinski definition) is 3. The van der Waals surface area contributed by atoms with E-state index in [0.29, 0.717) is 12.0 Å². The highest BCUT2D eigenvalue weighted by Crippen LogP contribution is 2.07. The molecule has 0 aromatic heterocycles. The Morgan fingerprint density at radius 1 is 1.62 bits per heavy atom. The minimum absolute atomic E-state index is 0.115. The molecular weight excluding hydrogens is 204 g/mol. The second-order valence-electron chi connectivity index (χ2n) is 3.60. The summed E-state index contributed by atoms with van der Waals surface area (Å²) in [4.78, 5) is 10.9. The van der Waals surface area contributed by atoms with Crippen molar-refractivity contribution >= 4 is 5.91 Å². The first-order valence-electron chi connectivity index (χ1n) is 5.02. The van der Waals surface area contributed by atoms with Crippen molar-refractivity contribution < 1.29 is 9.90 Å². The summed E-state index contributed by atoms with van der Waals surface area (Å²) in [5.74, 6) is -0.171. The zero-order chi connectivity index (χ0) is 12.0. The highest BCUT2D eigenvalue weighted by atomic mass is 16.3. The van der Waals surface area contributed by atoms with Crippen LogP contribution < -0.4 is 5.32 Å². The quantitative estimate of drug-likeness (QED) is 0.777. The van der Waals surface area contributed by atoms with Crippen LogP contribution >= 0.6 is 0 Å². The van der Waals surface area contributed by atoms with E-state index in [2.05, 4.69) is 5.32 Å². The van der Waals surface area contributed by atoms with Gasteiger partial charge in [0.2, 0.25) is 5.91 Å². The maximum Gasteiger partial charge on any atom is 0.217 e. The van der Waals surface area contributed by atoms with Crippen molar-refractivity contribution in [1.82, 2.24) is 5.32 Å². The van der Waals surface area contributed by atoms with Gasteiger partial charge in [-0.25, -0.2) is 0 Å². The molecule has 0 unspecified atom stereocenters. The third kappa shape index (κ3) is 3.71. The molecule has 0 heterocycles. The average molecular weight is 218 g/mol. The lowest BCUT2D eigenvalue weighted by Crippen LogP contribution is -2.37. The fourth-order valence-corrected chi connectivity index (χ4v) is 1.50. The van der Waals surface area contributed by atoms with Crippen molar-refractivity contribution in [3.8, 4) is 6.07 Å². The first-order valence-corrected chi connectivity index (χ1v) is 5.02. The van der Waals surface area contributed by atoms with Gasteiger partial charge in [-0.15, -0.1) is 0 Å². The van der Waals surface area contributed by atoms with Gasteiger partial charge in [-0.05, 0) is 24.1 Å². The Labute approximate surface area is 94.5 Å². The molecule has 1 aromatic rings. The van der Waals surface area contributed by atoms with E-state index < -0.39 is 0 Å². The van der Waals surface area contributed by atoms with Gasteiger partial charge in [0, 0.05) is 6.92 Å². The molecule has 0 radical (unpaired) electrons. The Morgan fingerprint density at radius 3 is 2.94 bits per heavy atom. The summed E-state index contributed by atoms with van der Waals surface area (Å²) in [6, 6.07) is 8.88. The third-order valence-electron chi connectivity index (χ3n) is 2.17. The number of nitrogens with one attached hydrogen (secondary N) is 1. The topological polar surface area (TPSA) is 73.1 Å². The van der Waals surface area contributed by atoms with Gasteiger partial charge < -0.3 is 10.4 Å². The molecule has 0 aliphatic carbocycles. The molecule has 0 aliphatic heterocycles. The van der Waals surface area contributed by atoms with E-state index in [1.165, 1.54) is 6.92 Å². The van der Waals surface area contributed by atoms with Crippen LogP contribution in [0.4, 0.5) is 0 Å².